The normalized spacial score (nSPS) is 13.1. The van der Waals surface area contributed by atoms with Gasteiger partial charge in [-0.3, -0.25) is 4.57 Å². The van der Waals surface area contributed by atoms with Gasteiger partial charge in [0.2, 0.25) is 12.4 Å². The van der Waals surface area contributed by atoms with Crippen molar-refractivity contribution < 1.29 is 4.57 Å². The topological polar surface area (TPSA) is 21.7 Å². The van der Waals surface area contributed by atoms with Crippen LogP contribution >= 0.6 is 0 Å². The molecule has 0 N–H and O–H groups in total. The van der Waals surface area contributed by atoms with Gasteiger partial charge < -0.3 is 0 Å². The van der Waals surface area contributed by atoms with Crippen molar-refractivity contribution in [1.29, 1.82) is 0 Å². The van der Waals surface area contributed by atoms with E-state index in [2.05, 4.69) is 32.5 Å². The molecule has 0 radical (unpaired) electrons. The van der Waals surface area contributed by atoms with Crippen molar-refractivity contribution in [2.24, 2.45) is 0 Å². The molecule has 0 unspecified atom stereocenters. The van der Waals surface area contributed by atoms with Crippen LogP contribution in [0.5, 0.6) is 0 Å². The summed E-state index contributed by atoms with van der Waals surface area (Å²) in [6, 6.07) is 6.19. The Bertz CT molecular complexity index is 497. The van der Waals surface area contributed by atoms with Crippen LogP contribution in [0, 0.1) is 0 Å². The highest BCUT2D eigenvalue weighted by atomic mass is 15.2. The van der Waals surface area contributed by atoms with Crippen molar-refractivity contribution in [1.82, 2.24) is 9.55 Å². The van der Waals surface area contributed by atoms with E-state index in [9.17, 15) is 0 Å². The lowest BCUT2D eigenvalue weighted by Gasteiger charge is -1.99. The number of nitrogens with zero attached hydrogens (tertiary/aromatic N) is 3. The number of rotatable bonds is 0. The molecule has 0 aromatic carbocycles. The summed E-state index contributed by atoms with van der Waals surface area (Å²) in [6.45, 7) is 0.832. The summed E-state index contributed by atoms with van der Waals surface area (Å²) in [5.74, 6) is 1.01. The molecule has 0 aliphatic carbocycles. The van der Waals surface area contributed by atoms with Gasteiger partial charge in [0, 0.05) is 30.6 Å². The summed E-state index contributed by atoms with van der Waals surface area (Å²) >= 11 is 0. The molecule has 3 rings (SSSR count). The Balaban J connectivity index is 2.19. The SMILES string of the molecule is C1=Cc2cccc[n+]2Cn2ccnc21. The average Bonchev–Trinajstić information content (AvgIpc) is 2.58. The first-order valence-electron chi connectivity index (χ1n) is 4.61. The zero-order valence-corrected chi connectivity index (χ0v) is 7.67. The van der Waals surface area contributed by atoms with E-state index in [-0.39, 0.29) is 0 Å². The zero-order chi connectivity index (χ0) is 9.38. The van der Waals surface area contributed by atoms with Crippen LogP contribution in [0.3, 0.4) is 0 Å². The third-order valence-corrected chi connectivity index (χ3v) is 2.43. The Hall–Kier alpha value is -1.90. The molecule has 0 bridgehead atoms. The van der Waals surface area contributed by atoms with Gasteiger partial charge in [-0.1, -0.05) is 0 Å². The molecule has 0 fully saturated rings. The third kappa shape index (κ3) is 1.06. The van der Waals surface area contributed by atoms with Crippen LogP contribution < -0.4 is 4.57 Å². The van der Waals surface area contributed by atoms with E-state index in [0.29, 0.717) is 0 Å². The van der Waals surface area contributed by atoms with Crippen molar-refractivity contribution in [2.75, 3.05) is 0 Å². The largest absolute Gasteiger partial charge is 0.275 e. The minimum Gasteiger partial charge on any atom is -0.275 e. The van der Waals surface area contributed by atoms with E-state index in [4.69, 9.17) is 0 Å². The van der Waals surface area contributed by atoms with Crippen LogP contribution in [0.4, 0.5) is 0 Å². The first-order chi connectivity index (χ1) is 6.93. The second-order valence-corrected chi connectivity index (χ2v) is 3.33. The van der Waals surface area contributed by atoms with Crippen molar-refractivity contribution in [3.05, 3.63) is 48.3 Å². The molecule has 0 spiro atoms. The Morgan fingerprint density at radius 2 is 2.29 bits per heavy atom. The Morgan fingerprint density at radius 3 is 3.29 bits per heavy atom. The number of pyridine rings is 1. The number of aromatic nitrogens is 3. The summed E-state index contributed by atoms with van der Waals surface area (Å²) in [5.41, 5.74) is 1.21. The van der Waals surface area contributed by atoms with Crippen molar-refractivity contribution >= 4 is 12.2 Å². The fourth-order valence-corrected chi connectivity index (χ4v) is 1.69. The van der Waals surface area contributed by atoms with Gasteiger partial charge in [0.15, 0.2) is 6.20 Å². The van der Waals surface area contributed by atoms with Gasteiger partial charge in [-0.2, -0.15) is 4.57 Å². The molecular weight excluding hydrogens is 174 g/mol. The van der Waals surface area contributed by atoms with Gasteiger partial charge in [0.25, 0.3) is 0 Å². The highest BCUT2D eigenvalue weighted by molar-refractivity contribution is 5.63. The molecule has 1 aliphatic rings. The second kappa shape index (κ2) is 2.80. The Morgan fingerprint density at radius 1 is 1.29 bits per heavy atom. The van der Waals surface area contributed by atoms with Crippen LogP contribution in [0.25, 0.3) is 12.2 Å². The molecule has 2 aromatic heterocycles. The molecule has 68 valence electrons. The molecule has 1 aliphatic heterocycles. The van der Waals surface area contributed by atoms with Crippen LogP contribution in [0.2, 0.25) is 0 Å². The van der Waals surface area contributed by atoms with E-state index in [1.807, 2.05) is 30.6 Å². The molecule has 0 saturated carbocycles. The number of hydrogen-bond donors (Lipinski definition) is 0. The van der Waals surface area contributed by atoms with Crippen molar-refractivity contribution in [3.8, 4) is 0 Å². The molecule has 3 nitrogen and oxygen atoms in total. The highest BCUT2D eigenvalue weighted by Crippen LogP contribution is 2.07. The molecule has 0 amide bonds. The molecule has 0 atom stereocenters. The van der Waals surface area contributed by atoms with Gasteiger partial charge in [-0.05, 0) is 12.1 Å². The Kier molecular flexibility index (Phi) is 1.50. The summed E-state index contributed by atoms with van der Waals surface area (Å²) in [4.78, 5) is 4.26. The Labute approximate surface area is 82.0 Å². The van der Waals surface area contributed by atoms with Gasteiger partial charge in [0.05, 0.1) is 0 Å². The maximum atomic E-state index is 4.26. The van der Waals surface area contributed by atoms with Crippen molar-refractivity contribution in [3.63, 3.8) is 0 Å². The average molecular weight is 184 g/mol. The standard InChI is InChI=1S/C11H10N3/c1-2-7-13-9-14-8-6-12-11(14)5-4-10(13)3-1/h1-8H,9H2/q+1. The fourth-order valence-electron chi connectivity index (χ4n) is 1.69. The maximum Gasteiger partial charge on any atom is 0.229 e. The number of hydrogen-bond acceptors (Lipinski definition) is 1. The first-order valence-corrected chi connectivity index (χ1v) is 4.61. The predicted octanol–water partition coefficient (Wildman–Crippen LogP) is 1.16. The van der Waals surface area contributed by atoms with E-state index >= 15 is 0 Å². The van der Waals surface area contributed by atoms with Crippen molar-refractivity contribution in [2.45, 2.75) is 6.67 Å². The van der Waals surface area contributed by atoms with E-state index in [1.54, 1.807) is 0 Å². The van der Waals surface area contributed by atoms with Crippen LogP contribution in [0.15, 0.2) is 36.8 Å². The van der Waals surface area contributed by atoms with E-state index in [0.717, 1.165) is 12.5 Å². The summed E-state index contributed by atoms with van der Waals surface area (Å²) in [5, 5.41) is 0. The molecular formula is C11H10N3+. The van der Waals surface area contributed by atoms with Gasteiger partial charge >= 0.3 is 0 Å². The predicted molar refractivity (Wildman–Crippen MR) is 53.2 cm³/mol. The molecule has 14 heavy (non-hydrogen) atoms. The smallest absolute Gasteiger partial charge is 0.229 e. The fraction of sp³-hybridized carbons (Fsp3) is 0.0909. The lowest BCUT2D eigenvalue weighted by atomic mass is 10.3. The molecule has 3 heteroatoms. The minimum atomic E-state index is 0.832. The van der Waals surface area contributed by atoms with Crippen LogP contribution in [-0.2, 0) is 6.67 Å². The van der Waals surface area contributed by atoms with Gasteiger partial charge in [0.1, 0.15) is 5.82 Å². The van der Waals surface area contributed by atoms with Crippen LogP contribution in [0.1, 0.15) is 11.5 Å². The van der Waals surface area contributed by atoms with E-state index in [1.165, 1.54) is 5.69 Å². The third-order valence-electron chi connectivity index (χ3n) is 2.43. The number of fused-ring (bicyclic) bond motifs is 2. The lowest BCUT2D eigenvalue weighted by molar-refractivity contribution is -0.702. The molecule has 3 heterocycles. The monoisotopic (exact) mass is 184 g/mol. The van der Waals surface area contributed by atoms with Gasteiger partial charge in [-0.15, -0.1) is 0 Å². The maximum absolute atomic E-state index is 4.26. The number of imidazole rings is 1. The molecule has 0 saturated heterocycles. The second-order valence-electron chi connectivity index (χ2n) is 3.33. The van der Waals surface area contributed by atoms with Crippen LogP contribution in [-0.4, -0.2) is 9.55 Å². The summed E-state index contributed by atoms with van der Waals surface area (Å²) in [6.07, 6.45) is 10.0. The summed E-state index contributed by atoms with van der Waals surface area (Å²) in [7, 11) is 0. The minimum absolute atomic E-state index is 0.832. The highest BCUT2D eigenvalue weighted by Gasteiger charge is 2.12. The first kappa shape index (κ1) is 7.50. The summed E-state index contributed by atoms with van der Waals surface area (Å²) < 4.78 is 4.31. The zero-order valence-electron chi connectivity index (χ0n) is 7.67. The van der Waals surface area contributed by atoms with E-state index < -0.39 is 0 Å². The molecule has 2 aromatic rings. The van der Waals surface area contributed by atoms with Gasteiger partial charge in [-0.25, -0.2) is 4.98 Å². The quantitative estimate of drug-likeness (QED) is 0.480. The lowest BCUT2D eigenvalue weighted by Crippen LogP contribution is -2.39.